The minimum absolute atomic E-state index is 0.174. The van der Waals surface area contributed by atoms with Gasteiger partial charge in [-0.15, -0.1) is 0 Å². The summed E-state index contributed by atoms with van der Waals surface area (Å²) in [5, 5.41) is 16.6. The van der Waals surface area contributed by atoms with E-state index in [0.29, 0.717) is 18.5 Å². The second-order valence-electron chi connectivity index (χ2n) is 8.45. The maximum Gasteiger partial charge on any atom is 0.300 e. The molecule has 4 heterocycles. The number of aliphatic carboxylic acids is 1. The molecule has 2 fully saturated rings. The van der Waals surface area contributed by atoms with Crippen LogP contribution in [0.3, 0.4) is 0 Å². The van der Waals surface area contributed by atoms with Gasteiger partial charge in [-0.1, -0.05) is 0 Å². The highest BCUT2D eigenvalue weighted by Crippen LogP contribution is 2.31. The van der Waals surface area contributed by atoms with Crippen molar-refractivity contribution in [3.8, 4) is 11.4 Å². The molecule has 10 heteroatoms. The van der Waals surface area contributed by atoms with E-state index in [4.69, 9.17) is 35.4 Å². The highest BCUT2D eigenvalue weighted by atomic mass is 16.5. The van der Waals surface area contributed by atoms with Crippen LogP contribution >= 0.6 is 0 Å². The molecule has 0 saturated carbocycles. The number of ether oxygens (including phenoxy) is 1. The number of fused-ring (bicyclic) bond motifs is 1. The number of piperidine rings is 1. The van der Waals surface area contributed by atoms with Crippen LogP contribution in [0, 0.1) is 0 Å². The van der Waals surface area contributed by atoms with Gasteiger partial charge >= 0.3 is 0 Å². The van der Waals surface area contributed by atoms with Gasteiger partial charge in [0.15, 0.2) is 11.5 Å². The van der Waals surface area contributed by atoms with E-state index in [0.717, 1.165) is 74.0 Å². The second kappa shape index (κ2) is 10.1. The van der Waals surface area contributed by atoms with E-state index in [1.54, 1.807) is 0 Å². The number of carboxylic acids is 1. The zero-order valence-electron chi connectivity index (χ0n) is 19.1. The number of hydrogen-bond donors (Lipinski definition) is 3. The predicted molar refractivity (Wildman–Crippen MR) is 127 cm³/mol. The van der Waals surface area contributed by atoms with Gasteiger partial charge in [0, 0.05) is 31.3 Å². The molecule has 0 radical (unpaired) electrons. The van der Waals surface area contributed by atoms with E-state index < -0.39 is 5.97 Å². The van der Waals surface area contributed by atoms with Crippen molar-refractivity contribution in [2.75, 3.05) is 43.4 Å². The van der Waals surface area contributed by atoms with E-state index in [9.17, 15) is 0 Å². The summed E-state index contributed by atoms with van der Waals surface area (Å²) in [6.07, 6.45) is 4.22. The Hall–Kier alpha value is -3.24. The number of nitrogens with two attached hydrogens (primary N) is 1. The molecule has 0 spiro atoms. The van der Waals surface area contributed by atoms with Crippen LogP contribution in [-0.2, 0) is 9.53 Å². The molecule has 1 unspecified atom stereocenters. The van der Waals surface area contributed by atoms with Crippen molar-refractivity contribution in [2.24, 2.45) is 0 Å². The van der Waals surface area contributed by atoms with Crippen LogP contribution in [0.2, 0.25) is 0 Å². The molecule has 3 aromatic rings. The summed E-state index contributed by atoms with van der Waals surface area (Å²) in [6.45, 7) is 7.53. The number of benzene rings is 1. The third-order valence-electron chi connectivity index (χ3n) is 5.80. The molecule has 1 atom stereocenters. The van der Waals surface area contributed by atoms with Gasteiger partial charge in [0.05, 0.1) is 30.3 Å². The molecular weight excluding hydrogens is 422 g/mol. The van der Waals surface area contributed by atoms with E-state index in [1.165, 1.54) is 0 Å². The molecule has 0 bridgehead atoms. The van der Waals surface area contributed by atoms with Gasteiger partial charge in [-0.2, -0.15) is 5.10 Å². The first-order chi connectivity index (χ1) is 15.9. The van der Waals surface area contributed by atoms with Crippen molar-refractivity contribution in [2.45, 2.75) is 38.8 Å². The van der Waals surface area contributed by atoms with E-state index in [2.05, 4.69) is 21.8 Å². The van der Waals surface area contributed by atoms with E-state index >= 15 is 0 Å². The van der Waals surface area contributed by atoms with Crippen LogP contribution < -0.4 is 16.0 Å². The van der Waals surface area contributed by atoms with Crippen LogP contribution in [0.25, 0.3) is 22.4 Å². The lowest BCUT2D eigenvalue weighted by molar-refractivity contribution is -0.134. The third-order valence-corrected chi connectivity index (χ3v) is 5.80. The zero-order valence-corrected chi connectivity index (χ0v) is 19.1. The fourth-order valence-corrected chi connectivity index (χ4v) is 4.24. The van der Waals surface area contributed by atoms with Crippen molar-refractivity contribution in [3.63, 3.8) is 0 Å². The quantitative estimate of drug-likeness (QED) is 0.511. The lowest BCUT2D eigenvalue weighted by atomic mass is 10.1. The zero-order chi connectivity index (χ0) is 23.4. The fraction of sp³-hybridized carbons (Fsp3) is 0.478. The number of carbonyl (C=O) groups is 1. The summed E-state index contributed by atoms with van der Waals surface area (Å²) < 4.78 is 7.85. The lowest BCUT2D eigenvalue weighted by Gasteiger charge is -2.32. The molecule has 2 aromatic heterocycles. The highest BCUT2D eigenvalue weighted by molar-refractivity contribution is 5.89. The predicted octanol–water partition coefficient (Wildman–Crippen LogP) is 2.32. The Kier molecular flexibility index (Phi) is 7.05. The number of rotatable bonds is 3. The molecule has 4 N–H and O–H groups in total. The van der Waals surface area contributed by atoms with Gasteiger partial charge in [-0.3, -0.25) is 4.79 Å². The first kappa shape index (κ1) is 22.9. The van der Waals surface area contributed by atoms with Crippen LogP contribution in [0.1, 0.15) is 32.7 Å². The van der Waals surface area contributed by atoms with Gasteiger partial charge in [0.1, 0.15) is 5.82 Å². The maximum atomic E-state index is 9.00. The Balaban J connectivity index is 0.000000601. The fourth-order valence-electron chi connectivity index (χ4n) is 4.24. The molecule has 176 valence electrons. The minimum Gasteiger partial charge on any atom is -0.481 e. The van der Waals surface area contributed by atoms with Crippen molar-refractivity contribution in [1.82, 2.24) is 25.1 Å². The molecule has 33 heavy (non-hydrogen) atoms. The number of hydrogen-bond acceptors (Lipinski definition) is 8. The van der Waals surface area contributed by atoms with Crippen LogP contribution in [0.5, 0.6) is 0 Å². The van der Waals surface area contributed by atoms with Gasteiger partial charge in [-0.05, 0) is 57.1 Å². The smallest absolute Gasteiger partial charge is 0.300 e. The summed E-state index contributed by atoms with van der Waals surface area (Å²) in [5.41, 5.74) is 8.48. The molecule has 1 aromatic carbocycles. The molecule has 2 aliphatic heterocycles. The van der Waals surface area contributed by atoms with Crippen LogP contribution in [0.15, 0.2) is 30.5 Å². The minimum atomic E-state index is -0.833. The Morgan fingerprint density at radius 3 is 2.58 bits per heavy atom. The summed E-state index contributed by atoms with van der Waals surface area (Å²) in [4.78, 5) is 21.2. The SMILES string of the molecule is CC(=O)O.CC1CN(c2nc(-c3ccc(N)cc3)nc3c2cnn3C2CCNCC2)CCO1. The largest absolute Gasteiger partial charge is 0.481 e. The summed E-state index contributed by atoms with van der Waals surface area (Å²) >= 11 is 0. The number of nitrogens with zero attached hydrogens (tertiary/aromatic N) is 5. The van der Waals surface area contributed by atoms with Crippen molar-refractivity contribution >= 4 is 28.5 Å². The summed E-state index contributed by atoms with van der Waals surface area (Å²) in [6, 6.07) is 8.10. The average Bonchev–Trinajstić information content (AvgIpc) is 3.23. The van der Waals surface area contributed by atoms with Gasteiger partial charge in [-0.25, -0.2) is 14.6 Å². The normalized spacial score (nSPS) is 19.2. The third kappa shape index (κ3) is 5.40. The Morgan fingerprint density at radius 2 is 1.91 bits per heavy atom. The van der Waals surface area contributed by atoms with Crippen molar-refractivity contribution in [3.05, 3.63) is 30.5 Å². The molecule has 5 rings (SSSR count). The lowest BCUT2D eigenvalue weighted by Crippen LogP contribution is -2.41. The highest BCUT2D eigenvalue weighted by Gasteiger charge is 2.25. The van der Waals surface area contributed by atoms with Crippen LogP contribution in [-0.4, -0.2) is 69.7 Å². The maximum absolute atomic E-state index is 9.00. The molecular formula is C23H31N7O3. The monoisotopic (exact) mass is 453 g/mol. The average molecular weight is 454 g/mol. The summed E-state index contributed by atoms with van der Waals surface area (Å²) in [7, 11) is 0. The van der Waals surface area contributed by atoms with E-state index in [1.807, 2.05) is 30.5 Å². The number of anilines is 2. The standard InChI is InChI=1S/C21H27N7O.C2H4O2/c1-14-13-27(10-11-29-14)20-18-12-24-28(17-6-8-23-9-7-17)21(18)26-19(25-20)15-2-4-16(22)5-3-15;1-2(3)4/h2-5,12,14,17,23H,6-11,13,22H2,1H3;1H3,(H,3,4). The molecule has 0 amide bonds. The first-order valence-electron chi connectivity index (χ1n) is 11.3. The van der Waals surface area contributed by atoms with Gasteiger partial charge in [0.25, 0.3) is 5.97 Å². The van der Waals surface area contributed by atoms with Crippen LogP contribution in [0.4, 0.5) is 11.5 Å². The molecule has 10 nitrogen and oxygen atoms in total. The second-order valence-corrected chi connectivity index (χ2v) is 8.45. The number of morpholine rings is 1. The Bertz CT molecular complexity index is 1090. The Labute approximate surface area is 192 Å². The molecule has 0 aliphatic carbocycles. The summed E-state index contributed by atoms with van der Waals surface area (Å²) in [5.74, 6) is 0.819. The first-order valence-corrected chi connectivity index (χ1v) is 11.3. The topological polar surface area (TPSA) is 131 Å². The van der Waals surface area contributed by atoms with Gasteiger partial charge < -0.3 is 25.8 Å². The number of aromatic nitrogens is 4. The van der Waals surface area contributed by atoms with Gasteiger partial charge in [0.2, 0.25) is 0 Å². The van der Waals surface area contributed by atoms with Crippen molar-refractivity contribution in [1.29, 1.82) is 0 Å². The number of nitrogen functional groups attached to an aromatic ring is 1. The van der Waals surface area contributed by atoms with E-state index in [-0.39, 0.29) is 6.10 Å². The number of nitrogens with one attached hydrogen (secondary N) is 1. The Morgan fingerprint density at radius 1 is 1.21 bits per heavy atom. The molecule has 2 saturated heterocycles. The number of carboxylic acid groups (broad SMARTS) is 1. The van der Waals surface area contributed by atoms with Crippen molar-refractivity contribution < 1.29 is 14.6 Å². The molecule has 2 aliphatic rings.